The molecule has 1 saturated heterocycles. The number of nitrogens with zero attached hydrogens (tertiary/aromatic N) is 4. The van der Waals surface area contributed by atoms with E-state index in [0.717, 1.165) is 49.8 Å². The molecule has 0 radical (unpaired) electrons. The summed E-state index contributed by atoms with van der Waals surface area (Å²) in [4.78, 5) is 14.4. The first-order valence-corrected chi connectivity index (χ1v) is 9.00. The number of piperidine rings is 1. The number of amides is 1. The zero-order chi connectivity index (χ0) is 15.2. The fourth-order valence-electron chi connectivity index (χ4n) is 2.83. The van der Waals surface area contributed by atoms with Crippen molar-refractivity contribution in [3.63, 3.8) is 0 Å². The van der Waals surface area contributed by atoms with E-state index < -0.39 is 0 Å². The second-order valence-electron chi connectivity index (χ2n) is 5.61. The zero-order valence-corrected chi connectivity index (χ0v) is 14.2. The van der Waals surface area contributed by atoms with Gasteiger partial charge in [-0.25, -0.2) is 0 Å². The highest BCUT2D eigenvalue weighted by atomic mass is 32.2. The minimum Gasteiger partial charge on any atom is -0.339 e. The summed E-state index contributed by atoms with van der Waals surface area (Å²) in [7, 11) is 0. The van der Waals surface area contributed by atoms with Crippen LogP contribution in [0.15, 0.2) is 5.16 Å². The van der Waals surface area contributed by atoms with Crippen molar-refractivity contribution >= 4 is 17.7 Å². The summed E-state index contributed by atoms with van der Waals surface area (Å²) >= 11 is 1.52. The van der Waals surface area contributed by atoms with Gasteiger partial charge in [0.05, 0.1) is 5.75 Å². The second-order valence-corrected chi connectivity index (χ2v) is 6.56. The molecule has 1 fully saturated rings. The van der Waals surface area contributed by atoms with Crippen LogP contribution >= 0.6 is 11.8 Å². The predicted molar refractivity (Wildman–Crippen MR) is 85.4 cm³/mol. The van der Waals surface area contributed by atoms with Crippen LogP contribution in [0, 0.1) is 0 Å². The Hall–Kier alpha value is -1.04. The number of aryl methyl sites for hydroxylation is 1. The Labute approximate surface area is 131 Å². The maximum absolute atomic E-state index is 12.4. The smallest absolute Gasteiger partial charge is 0.233 e. The Kier molecular flexibility index (Phi) is 6.08. The number of aromatic nitrogens is 3. The van der Waals surface area contributed by atoms with E-state index in [1.165, 1.54) is 18.2 Å². The highest BCUT2D eigenvalue weighted by Gasteiger charge is 2.23. The summed E-state index contributed by atoms with van der Waals surface area (Å²) in [5.74, 6) is 1.73. The minimum absolute atomic E-state index is 0.231. The molecule has 1 aromatic heterocycles. The molecule has 1 atom stereocenters. The molecule has 2 rings (SSSR count). The lowest BCUT2D eigenvalue weighted by molar-refractivity contribution is -0.131. The molecule has 6 heteroatoms. The second kappa shape index (κ2) is 7.82. The Morgan fingerprint density at radius 3 is 2.81 bits per heavy atom. The molecule has 1 aromatic rings. The molecule has 0 N–H and O–H groups in total. The molecule has 0 bridgehead atoms. The predicted octanol–water partition coefficient (Wildman–Crippen LogP) is 2.74. The molecule has 5 nitrogen and oxygen atoms in total. The van der Waals surface area contributed by atoms with Crippen molar-refractivity contribution in [1.29, 1.82) is 0 Å². The van der Waals surface area contributed by atoms with Gasteiger partial charge in [0.1, 0.15) is 5.82 Å². The average Bonchev–Trinajstić information content (AvgIpc) is 2.87. The Morgan fingerprint density at radius 2 is 2.14 bits per heavy atom. The Morgan fingerprint density at radius 1 is 1.33 bits per heavy atom. The fourth-order valence-corrected chi connectivity index (χ4v) is 3.74. The quantitative estimate of drug-likeness (QED) is 0.758. The molecule has 118 valence electrons. The highest BCUT2D eigenvalue weighted by Crippen LogP contribution is 2.21. The molecule has 21 heavy (non-hydrogen) atoms. The molecular formula is C15H26N4OS. The van der Waals surface area contributed by atoms with E-state index in [9.17, 15) is 4.79 Å². The van der Waals surface area contributed by atoms with Gasteiger partial charge in [-0.15, -0.1) is 10.2 Å². The van der Waals surface area contributed by atoms with Crippen LogP contribution in [0.5, 0.6) is 0 Å². The molecular weight excluding hydrogens is 284 g/mol. The third-order valence-electron chi connectivity index (χ3n) is 4.03. The van der Waals surface area contributed by atoms with Crippen LogP contribution < -0.4 is 0 Å². The monoisotopic (exact) mass is 310 g/mol. The average molecular weight is 310 g/mol. The Bertz CT molecular complexity index is 474. The lowest BCUT2D eigenvalue weighted by Crippen LogP contribution is -2.43. The molecule has 0 unspecified atom stereocenters. The summed E-state index contributed by atoms with van der Waals surface area (Å²) in [6.07, 6.45) is 5.50. The van der Waals surface area contributed by atoms with Crippen molar-refractivity contribution in [3.8, 4) is 0 Å². The number of likely N-dealkylation sites (tertiary alicyclic amines) is 1. The lowest BCUT2D eigenvalue weighted by Gasteiger charge is -2.33. The number of hydrogen-bond donors (Lipinski definition) is 0. The van der Waals surface area contributed by atoms with Gasteiger partial charge in [0.25, 0.3) is 0 Å². The number of rotatable bonds is 6. The zero-order valence-electron chi connectivity index (χ0n) is 13.3. The summed E-state index contributed by atoms with van der Waals surface area (Å²) in [6, 6.07) is 0.381. The SMILES string of the molecule is CCCc1nnc(SCC(=O)N2CCCC[C@H]2C)n1CC. The van der Waals surface area contributed by atoms with Crippen LogP contribution in [0.2, 0.25) is 0 Å². The molecule has 0 spiro atoms. The van der Waals surface area contributed by atoms with E-state index in [0.29, 0.717) is 11.8 Å². The van der Waals surface area contributed by atoms with Gasteiger partial charge in [0.2, 0.25) is 5.91 Å². The van der Waals surface area contributed by atoms with E-state index in [1.54, 1.807) is 0 Å². The van der Waals surface area contributed by atoms with Crippen LogP contribution in [0.1, 0.15) is 52.3 Å². The van der Waals surface area contributed by atoms with E-state index >= 15 is 0 Å². The van der Waals surface area contributed by atoms with Crippen molar-refractivity contribution in [2.24, 2.45) is 0 Å². The number of hydrogen-bond acceptors (Lipinski definition) is 4. The molecule has 2 heterocycles. The van der Waals surface area contributed by atoms with Gasteiger partial charge in [-0.2, -0.15) is 0 Å². The summed E-state index contributed by atoms with van der Waals surface area (Å²) in [5.41, 5.74) is 0. The summed E-state index contributed by atoms with van der Waals surface area (Å²) in [6.45, 7) is 8.15. The van der Waals surface area contributed by atoms with E-state index in [2.05, 4.69) is 35.5 Å². The number of carbonyl (C=O) groups is 1. The molecule has 0 aliphatic carbocycles. The largest absolute Gasteiger partial charge is 0.339 e. The van der Waals surface area contributed by atoms with E-state index in [4.69, 9.17) is 0 Å². The first-order chi connectivity index (χ1) is 10.2. The van der Waals surface area contributed by atoms with Crippen LogP contribution in [-0.2, 0) is 17.8 Å². The van der Waals surface area contributed by atoms with Gasteiger partial charge in [-0.3, -0.25) is 4.79 Å². The van der Waals surface area contributed by atoms with Crippen molar-refractivity contribution < 1.29 is 4.79 Å². The highest BCUT2D eigenvalue weighted by molar-refractivity contribution is 7.99. The first-order valence-electron chi connectivity index (χ1n) is 8.01. The lowest BCUT2D eigenvalue weighted by atomic mass is 10.0. The first kappa shape index (κ1) is 16.3. The van der Waals surface area contributed by atoms with Gasteiger partial charge in [-0.1, -0.05) is 18.7 Å². The van der Waals surface area contributed by atoms with Crippen LogP contribution in [0.25, 0.3) is 0 Å². The van der Waals surface area contributed by atoms with E-state index in [-0.39, 0.29) is 5.91 Å². The normalized spacial score (nSPS) is 19.0. The molecule has 0 aromatic carbocycles. The number of thioether (sulfide) groups is 1. The third kappa shape index (κ3) is 3.99. The van der Waals surface area contributed by atoms with Crippen LogP contribution in [0.4, 0.5) is 0 Å². The van der Waals surface area contributed by atoms with Crippen LogP contribution in [-0.4, -0.2) is 43.9 Å². The van der Waals surface area contributed by atoms with Crippen LogP contribution in [0.3, 0.4) is 0 Å². The minimum atomic E-state index is 0.231. The fraction of sp³-hybridized carbons (Fsp3) is 0.800. The molecule has 1 aliphatic heterocycles. The molecule has 1 amide bonds. The topological polar surface area (TPSA) is 51.0 Å². The van der Waals surface area contributed by atoms with Gasteiger partial charge in [0.15, 0.2) is 5.16 Å². The third-order valence-corrected chi connectivity index (χ3v) is 4.98. The van der Waals surface area contributed by atoms with Crippen molar-refractivity contribution in [1.82, 2.24) is 19.7 Å². The van der Waals surface area contributed by atoms with Crippen molar-refractivity contribution in [2.45, 2.75) is 70.6 Å². The van der Waals surface area contributed by atoms with Gasteiger partial charge in [-0.05, 0) is 39.5 Å². The molecule has 0 saturated carbocycles. The standard InChI is InChI=1S/C15H26N4OS/c1-4-8-13-16-17-15(18(13)5-2)21-11-14(20)19-10-7-6-9-12(19)3/h12H,4-11H2,1-3H3/t12-/m1/s1. The molecule has 1 aliphatic rings. The van der Waals surface area contributed by atoms with Gasteiger partial charge in [0, 0.05) is 25.6 Å². The summed E-state index contributed by atoms with van der Waals surface area (Å²) in [5, 5.41) is 9.37. The van der Waals surface area contributed by atoms with Crippen molar-refractivity contribution in [2.75, 3.05) is 12.3 Å². The maximum Gasteiger partial charge on any atom is 0.233 e. The van der Waals surface area contributed by atoms with Gasteiger partial charge < -0.3 is 9.47 Å². The maximum atomic E-state index is 12.4. The Balaban J connectivity index is 1.94. The number of carbonyl (C=O) groups excluding carboxylic acids is 1. The summed E-state index contributed by atoms with van der Waals surface area (Å²) < 4.78 is 2.13. The van der Waals surface area contributed by atoms with Gasteiger partial charge >= 0.3 is 0 Å². The van der Waals surface area contributed by atoms with E-state index in [1.807, 2.05) is 4.90 Å². The van der Waals surface area contributed by atoms with Crippen molar-refractivity contribution in [3.05, 3.63) is 5.82 Å².